The minimum Gasteiger partial charge on any atom is -0.463 e. The second kappa shape index (κ2) is 12.3. The van der Waals surface area contributed by atoms with Gasteiger partial charge in [-0.2, -0.15) is 0 Å². The van der Waals surface area contributed by atoms with E-state index < -0.39 is 23.0 Å². The first-order chi connectivity index (χ1) is 17.2. The number of Topliss-reactive ketones (excluding diaryl/α,β-unsaturated/α-hetero) is 3. The molecule has 0 amide bonds. The summed E-state index contributed by atoms with van der Waals surface area (Å²) < 4.78 is 4.28. The Morgan fingerprint density at radius 1 is 0.622 bits per heavy atom. The van der Waals surface area contributed by atoms with Crippen molar-refractivity contribution >= 4 is 23.3 Å². The van der Waals surface area contributed by atoms with Crippen molar-refractivity contribution in [3.05, 3.63) is 107 Å². The molecule has 0 saturated carbocycles. The van der Waals surface area contributed by atoms with Crippen molar-refractivity contribution in [3.8, 4) is 0 Å². The molecule has 0 aliphatic heterocycles. The summed E-state index contributed by atoms with van der Waals surface area (Å²) in [6.45, 7) is 5.89. The van der Waals surface area contributed by atoms with Crippen molar-refractivity contribution < 1.29 is 34.1 Å². The van der Waals surface area contributed by atoms with Crippen LogP contribution in [0, 0.1) is 0 Å². The number of aliphatic hydroxyl groups is 2. The Bertz CT molecular complexity index is 1160. The first-order valence-electron chi connectivity index (χ1n) is 11.6. The van der Waals surface area contributed by atoms with Crippen molar-refractivity contribution in [3.63, 3.8) is 0 Å². The zero-order chi connectivity index (χ0) is 27.8. The van der Waals surface area contributed by atoms with Crippen LogP contribution in [0.1, 0.15) is 69.9 Å². The topological polar surface area (TPSA) is 118 Å². The third-order valence-corrected chi connectivity index (χ3v) is 5.36. The van der Waals surface area contributed by atoms with Crippen molar-refractivity contribution in [2.75, 3.05) is 7.11 Å². The van der Waals surface area contributed by atoms with Gasteiger partial charge in [0.15, 0.2) is 11.6 Å². The summed E-state index contributed by atoms with van der Waals surface area (Å²) >= 11 is 0. The highest BCUT2D eigenvalue weighted by molar-refractivity contribution is 6.40. The summed E-state index contributed by atoms with van der Waals surface area (Å²) in [6.07, 6.45) is 0.661. The van der Waals surface area contributed by atoms with E-state index >= 15 is 0 Å². The van der Waals surface area contributed by atoms with E-state index in [1.54, 1.807) is 54.6 Å². The minimum absolute atomic E-state index is 0.312. The van der Waals surface area contributed by atoms with E-state index in [4.69, 9.17) is 0 Å². The van der Waals surface area contributed by atoms with Crippen LogP contribution in [0.2, 0.25) is 0 Å². The maximum absolute atomic E-state index is 12.0. The molecule has 0 aliphatic carbocycles. The lowest BCUT2D eigenvalue weighted by molar-refractivity contribution is -0.135. The summed E-state index contributed by atoms with van der Waals surface area (Å²) in [5.74, 6) is -2.07. The first kappa shape index (κ1) is 29.3. The molecule has 2 N–H and O–H groups in total. The summed E-state index contributed by atoms with van der Waals surface area (Å²) in [6, 6.07) is 22.6. The molecule has 0 bridgehead atoms. The molecular weight excluding hydrogens is 472 g/mol. The molecular formula is C30H32O7. The van der Waals surface area contributed by atoms with E-state index in [0.717, 1.165) is 11.1 Å². The summed E-state index contributed by atoms with van der Waals surface area (Å²) in [5, 5.41) is 19.6. The highest BCUT2D eigenvalue weighted by Crippen LogP contribution is 2.18. The Morgan fingerprint density at radius 3 is 1.32 bits per heavy atom. The molecule has 0 atom stereocenters. The van der Waals surface area contributed by atoms with Crippen molar-refractivity contribution in [1.29, 1.82) is 0 Å². The zero-order valence-corrected chi connectivity index (χ0v) is 21.6. The van der Waals surface area contributed by atoms with Gasteiger partial charge in [-0.15, -0.1) is 0 Å². The SMILES string of the molecule is CC(C)(O)C(=O)c1ccc(Cc2ccc(C(=O)C(C)(C)O)cc2)cc1.COC(=O)C(=O)c1ccccc1. The number of esters is 1. The number of ketones is 3. The molecule has 194 valence electrons. The number of methoxy groups -OCH3 is 1. The molecule has 7 heteroatoms. The molecule has 3 aromatic carbocycles. The third kappa shape index (κ3) is 8.59. The van der Waals surface area contributed by atoms with E-state index in [-0.39, 0.29) is 11.6 Å². The number of carbonyl (C=O) groups is 4. The molecule has 0 unspecified atom stereocenters. The minimum atomic E-state index is -1.38. The quantitative estimate of drug-likeness (QED) is 0.268. The Kier molecular flexibility index (Phi) is 9.77. The second-order valence-corrected chi connectivity index (χ2v) is 9.53. The predicted molar refractivity (Wildman–Crippen MR) is 140 cm³/mol. The van der Waals surface area contributed by atoms with E-state index in [1.165, 1.54) is 34.8 Å². The molecule has 0 fully saturated rings. The maximum atomic E-state index is 12.0. The lowest BCUT2D eigenvalue weighted by Gasteiger charge is -2.16. The fraction of sp³-hybridized carbons (Fsp3) is 0.267. The number of ether oxygens (including phenoxy) is 1. The number of rotatable bonds is 8. The van der Waals surface area contributed by atoms with E-state index in [2.05, 4.69) is 4.74 Å². The molecule has 0 aliphatic rings. The van der Waals surface area contributed by atoms with Gasteiger partial charge in [0.1, 0.15) is 11.2 Å². The van der Waals surface area contributed by atoms with Crippen molar-refractivity contribution in [1.82, 2.24) is 0 Å². The summed E-state index contributed by atoms with van der Waals surface area (Å²) in [4.78, 5) is 45.9. The largest absolute Gasteiger partial charge is 0.463 e. The molecule has 0 radical (unpaired) electrons. The second-order valence-electron chi connectivity index (χ2n) is 9.53. The Hall–Kier alpha value is -3.94. The van der Waals surface area contributed by atoms with Gasteiger partial charge in [0.05, 0.1) is 7.11 Å². The highest BCUT2D eigenvalue weighted by atomic mass is 16.5. The van der Waals surface area contributed by atoms with Crippen molar-refractivity contribution in [2.45, 2.75) is 45.3 Å². The van der Waals surface area contributed by atoms with Crippen molar-refractivity contribution in [2.24, 2.45) is 0 Å². The third-order valence-electron chi connectivity index (χ3n) is 5.36. The number of hydrogen-bond donors (Lipinski definition) is 2. The van der Waals surface area contributed by atoms with Crippen LogP contribution in [-0.4, -0.2) is 51.8 Å². The van der Waals surface area contributed by atoms with Crippen LogP contribution in [0.5, 0.6) is 0 Å². The van der Waals surface area contributed by atoms with Gasteiger partial charge in [-0.05, 0) is 45.2 Å². The van der Waals surface area contributed by atoms with Gasteiger partial charge in [0.2, 0.25) is 0 Å². The van der Waals surface area contributed by atoms with E-state index in [0.29, 0.717) is 23.1 Å². The average molecular weight is 505 g/mol. The van der Waals surface area contributed by atoms with Gasteiger partial charge in [0, 0.05) is 16.7 Å². The molecule has 37 heavy (non-hydrogen) atoms. The number of benzene rings is 3. The zero-order valence-electron chi connectivity index (χ0n) is 21.6. The first-order valence-corrected chi connectivity index (χ1v) is 11.6. The molecule has 0 heterocycles. The van der Waals surface area contributed by atoms with E-state index in [1.807, 2.05) is 24.3 Å². The fourth-order valence-electron chi connectivity index (χ4n) is 3.29. The van der Waals surface area contributed by atoms with Crippen LogP contribution in [0.15, 0.2) is 78.9 Å². The molecule has 3 aromatic rings. The van der Waals surface area contributed by atoms with Crippen LogP contribution in [0.4, 0.5) is 0 Å². The van der Waals surface area contributed by atoms with Gasteiger partial charge in [-0.3, -0.25) is 14.4 Å². The molecule has 7 nitrogen and oxygen atoms in total. The van der Waals surface area contributed by atoms with Gasteiger partial charge in [0.25, 0.3) is 5.78 Å². The number of hydrogen-bond acceptors (Lipinski definition) is 7. The van der Waals surface area contributed by atoms with Crippen LogP contribution >= 0.6 is 0 Å². The lowest BCUT2D eigenvalue weighted by atomic mass is 9.94. The van der Waals surface area contributed by atoms with Crippen LogP contribution in [0.3, 0.4) is 0 Å². The molecule has 3 rings (SSSR count). The van der Waals surface area contributed by atoms with Crippen LogP contribution in [0.25, 0.3) is 0 Å². The smallest absolute Gasteiger partial charge is 0.379 e. The van der Waals surface area contributed by atoms with Gasteiger partial charge < -0.3 is 14.9 Å². The predicted octanol–water partition coefficient (Wildman–Crippen LogP) is 4.23. The van der Waals surface area contributed by atoms with Gasteiger partial charge in [-0.25, -0.2) is 4.79 Å². The highest BCUT2D eigenvalue weighted by Gasteiger charge is 2.26. The Morgan fingerprint density at radius 2 is 1.00 bits per heavy atom. The molecule has 0 aromatic heterocycles. The van der Waals surface area contributed by atoms with E-state index in [9.17, 15) is 29.4 Å². The maximum Gasteiger partial charge on any atom is 0.379 e. The van der Waals surface area contributed by atoms with Crippen LogP contribution in [-0.2, 0) is 16.0 Å². The standard InChI is InChI=1S/C21H24O4.C9H8O3/c1-20(2,24)18(22)16-9-5-14(6-10-16)13-15-7-11-17(12-8-15)19(23)21(3,4)25;1-12-9(11)8(10)7-5-3-2-4-6-7/h5-12,24-25H,13H2,1-4H3;2-6H,1H3. The molecule has 0 saturated heterocycles. The lowest BCUT2D eigenvalue weighted by Crippen LogP contribution is -2.31. The molecule has 0 spiro atoms. The van der Waals surface area contributed by atoms with Crippen LogP contribution < -0.4 is 0 Å². The normalized spacial score (nSPS) is 11.1. The average Bonchev–Trinajstić information content (AvgIpc) is 2.87. The summed E-state index contributed by atoms with van der Waals surface area (Å²) in [7, 11) is 1.18. The Labute approximate surface area is 216 Å². The fourth-order valence-corrected chi connectivity index (χ4v) is 3.29. The summed E-state index contributed by atoms with van der Waals surface area (Å²) in [5.41, 5.74) is 0.575. The monoisotopic (exact) mass is 504 g/mol. The Balaban J connectivity index is 0.000000335. The van der Waals surface area contributed by atoms with Gasteiger partial charge >= 0.3 is 5.97 Å². The number of carbonyl (C=O) groups excluding carboxylic acids is 4. The van der Waals surface area contributed by atoms with Gasteiger partial charge in [-0.1, -0.05) is 78.9 Å².